The predicted molar refractivity (Wildman–Crippen MR) is 61.6 cm³/mol. The monoisotopic (exact) mass is 234 g/mol. The summed E-state index contributed by atoms with van der Waals surface area (Å²) in [6.45, 7) is 1.75. The Labute approximate surface area is 99.1 Å². The van der Waals surface area contributed by atoms with Gasteiger partial charge in [-0.1, -0.05) is 5.16 Å². The number of aryl methyl sites for hydroxylation is 2. The van der Waals surface area contributed by atoms with Crippen LogP contribution in [-0.2, 0) is 11.2 Å². The van der Waals surface area contributed by atoms with Gasteiger partial charge in [0.2, 0.25) is 0 Å². The van der Waals surface area contributed by atoms with Crippen LogP contribution in [0, 0.1) is 6.92 Å². The molecule has 0 saturated heterocycles. The Morgan fingerprint density at radius 2 is 2.29 bits per heavy atom. The summed E-state index contributed by atoms with van der Waals surface area (Å²) in [5, 5.41) is 12.2. The van der Waals surface area contributed by atoms with Gasteiger partial charge >= 0.3 is 5.97 Å². The van der Waals surface area contributed by atoms with Crippen LogP contribution in [0.1, 0.15) is 40.2 Å². The molecule has 0 aromatic carbocycles. The first-order valence-corrected chi connectivity index (χ1v) is 5.47. The molecule has 1 N–H and O–H groups in total. The number of carbonyl (C=O) groups excluding carboxylic acids is 1. The summed E-state index contributed by atoms with van der Waals surface area (Å²) in [7, 11) is 1.35. The molecule has 1 aromatic rings. The van der Waals surface area contributed by atoms with Gasteiger partial charge in [-0.05, 0) is 37.8 Å². The van der Waals surface area contributed by atoms with Gasteiger partial charge in [0.05, 0.1) is 24.1 Å². The van der Waals surface area contributed by atoms with E-state index in [1.165, 1.54) is 7.11 Å². The van der Waals surface area contributed by atoms with E-state index in [9.17, 15) is 4.79 Å². The van der Waals surface area contributed by atoms with Crippen molar-refractivity contribution in [3.05, 3.63) is 28.6 Å². The molecule has 5 heteroatoms. The summed E-state index contributed by atoms with van der Waals surface area (Å²) in [5.41, 5.74) is 3.30. The number of hydrogen-bond acceptors (Lipinski definition) is 5. The minimum atomic E-state index is -0.383. The molecule has 0 spiro atoms. The van der Waals surface area contributed by atoms with Crippen molar-refractivity contribution in [3.8, 4) is 0 Å². The lowest BCUT2D eigenvalue weighted by Crippen LogP contribution is -2.17. The van der Waals surface area contributed by atoms with Gasteiger partial charge < -0.3 is 9.94 Å². The first-order valence-electron chi connectivity index (χ1n) is 5.47. The van der Waals surface area contributed by atoms with Crippen LogP contribution in [0.5, 0.6) is 0 Å². The quantitative estimate of drug-likeness (QED) is 0.456. The molecule has 5 nitrogen and oxygen atoms in total. The van der Waals surface area contributed by atoms with Crippen molar-refractivity contribution in [2.45, 2.75) is 26.2 Å². The second-order valence-corrected chi connectivity index (χ2v) is 4.02. The lowest BCUT2D eigenvalue weighted by atomic mass is 9.92. The molecule has 0 aliphatic heterocycles. The zero-order valence-corrected chi connectivity index (χ0v) is 9.86. The molecule has 0 unspecified atom stereocenters. The molecule has 1 aliphatic carbocycles. The fraction of sp³-hybridized carbons (Fsp3) is 0.417. The van der Waals surface area contributed by atoms with Gasteiger partial charge in [0, 0.05) is 0 Å². The van der Waals surface area contributed by atoms with Gasteiger partial charge in [0.25, 0.3) is 0 Å². The molecule has 0 radical (unpaired) electrons. The molecule has 1 aromatic heterocycles. The zero-order valence-electron chi connectivity index (χ0n) is 9.86. The molecular weight excluding hydrogens is 220 g/mol. The zero-order chi connectivity index (χ0) is 12.4. The maximum absolute atomic E-state index is 11.5. The number of pyridine rings is 1. The molecule has 2 rings (SSSR count). The van der Waals surface area contributed by atoms with E-state index in [4.69, 9.17) is 9.94 Å². The number of methoxy groups -OCH3 is 1. The van der Waals surface area contributed by atoms with Crippen molar-refractivity contribution in [2.75, 3.05) is 7.11 Å². The minimum Gasteiger partial charge on any atom is -0.465 e. The van der Waals surface area contributed by atoms with Crippen LogP contribution >= 0.6 is 0 Å². The van der Waals surface area contributed by atoms with Gasteiger partial charge in [-0.15, -0.1) is 0 Å². The molecule has 1 heterocycles. The van der Waals surface area contributed by atoms with Gasteiger partial charge in [-0.3, -0.25) is 4.98 Å². The summed E-state index contributed by atoms with van der Waals surface area (Å²) < 4.78 is 4.70. The lowest BCUT2D eigenvalue weighted by molar-refractivity contribution is 0.0599. The van der Waals surface area contributed by atoms with Crippen molar-refractivity contribution < 1.29 is 14.7 Å². The van der Waals surface area contributed by atoms with E-state index >= 15 is 0 Å². The van der Waals surface area contributed by atoms with Crippen LogP contribution in [0.15, 0.2) is 11.2 Å². The Kier molecular flexibility index (Phi) is 3.08. The van der Waals surface area contributed by atoms with Gasteiger partial charge in [0.1, 0.15) is 5.71 Å². The van der Waals surface area contributed by atoms with E-state index in [0.29, 0.717) is 29.1 Å². The van der Waals surface area contributed by atoms with Crippen LogP contribution in [-0.4, -0.2) is 29.0 Å². The van der Waals surface area contributed by atoms with Gasteiger partial charge in [-0.25, -0.2) is 4.79 Å². The average molecular weight is 234 g/mol. The largest absolute Gasteiger partial charge is 0.465 e. The van der Waals surface area contributed by atoms with Gasteiger partial charge in [-0.2, -0.15) is 0 Å². The van der Waals surface area contributed by atoms with E-state index in [-0.39, 0.29) is 5.97 Å². The number of ether oxygens (including phenoxy) is 1. The molecular formula is C12H14N2O3. The second kappa shape index (κ2) is 4.53. The molecule has 0 saturated carbocycles. The van der Waals surface area contributed by atoms with Crippen molar-refractivity contribution >= 4 is 11.7 Å². The summed E-state index contributed by atoms with van der Waals surface area (Å²) in [6.07, 6.45) is 2.46. The van der Waals surface area contributed by atoms with E-state index in [0.717, 1.165) is 18.4 Å². The Morgan fingerprint density at radius 1 is 1.53 bits per heavy atom. The van der Waals surface area contributed by atoms with Crippen LogP contribution in [0.3, 0.4) is 0 Å². The SMILES string of the molecule is COC(=O)c1cc2c(nc1C)/C(=N/O)CCC2. The number of aromatic nitrogens is 1. The van der Waals surface area contributed by atoms with Crippen molar-refractivity contribution in [1.82, 2.24) is 4.98 Å². The molecule has 90 valence electrons. The smallest absolute Gasteiger partial charge is 0.339 e. The molecule has 0 fully saturated rings. The lowest BCUT2D eigenvalue weighted by Gasteiger charge is -2.17. The highest BCUT2D eigenvalue weighted by molar-refractivity contribution is 6.01. The van der Waals surface area contributed by atoms with E-state index in [1.807, 2.05) is 0 Å². The number of esters is 1. The highest BCUT2D eigenvalue weighted by Crippen LogP contribution is 2.23. The molecule has 0 atom stereocenters. The fourth-order valence-corrected chi connectivity index (χ4v) is 2.07. The summed E-state index contributed by atoms with van der Waals surface area (Å²) in [4.78, 5) is 15.9. The number of fused-ring (bicyclic) bond motifs is 1. The molecule has 1 aliphatic rings. The maximum atomic E-state index is 11.5. The normalized spacial score (nSPS) is 16.7. The van der Waals surface area contributed by atoms with Crippen LogP contribution in [0.4, 0.5) is 0 Å². The topological polar surface area (TPSA) is 71.8 Å². The van der Waals surface area contributed by atoms with Crippen LogP contribution < -0.4 is 0 Å². The fourth-order valence-electron chi connectivity index (χ4n) is 2.07. The van der Waals surface area contributed by atoms with Crippen molar-refractivity contribution in [1.29, 1.82) is 0 Å². The van der Waals surface area contributed by atoms with Crippen molar-refractivity contribution in [2.24, 2.45) is 5.16 Å². The van der Waals surface area contributed by atoms with Gasteiger partial charge in [0.15, 0.2) is 0 Å². The van der Waals surface area contributed by atoms with Crippen molar-refractivity contribution in [3.63, 3.8) is 0 Å². The highest BCUT2D eigenvalue weighted by Gasteiger charge is 2.21. The maximum Gasteiger partial charge on any atom is 0.339 e. The summed E-state index contributed by atoms with van der Waals surface area (Å²) in [6, 6.07) is 1.79. The Hall–Kier alpha value is -1.91. The minimum absolute atomic E-state index is 0.383. The number of nitrogens with zero attached hydrogens (tertiary/aromatic N) is 2. The van der Waals surface area contributed by atoms with E-state index in [2.05, 4.69) is 10.1 Å². The third kappa shape index (κ3) is 2.00. The number of carbonyl (C=O) groups is 1. The average Bonchev–Trinajstić information content (AvgIpc) is 2.36. The van der Waals surface area contributed by atoms with E-state index in [1.54, 1.807) is 13.0 Å². The van der Waals surface area contributed by atoms with Crippen LogP contribution in [0.25, 0.3) is 0 Å². The van der Waals surface area contributed by atoms with E-state index < -0.39 is 0 Å². The number of rotatable bonds is 1. The first-order chi connectivity index (χ1) is 8.17. The number of hydrogen-bond donors (Lipinski definition) is 1. The van der Waals surface area contributed by atoms with Crippen LogP contribution in [0.2, 0.25) is 0 Å². The Balaban J connectivity index is 2.54. The highest BCUT2D eigenvalue weighted by atomic mass is 16.5. The standard InChI is InChI=1S/C12H14N2O3/c1-7-9(12(15)17-2)6-8-4-3-5-10(14-16)11(8)13-7/h6,16H,3-5H2,1-2H3/b14-10+. The summed E-state index contributed by atoms with van der Waals surface area (Å²) >= 11 is 0. The molecule has 0 amide bonds. The summed E-state index contributed by atoms with van der Waals surface area (Å²) in [5.74, 6) is -0.383. The number of oxime groups is 1. The third-order valence-corrected chi connectivity index (χ3v) is 2.95. The first kappa shape index (κ1) is 11.6. The Bertz CT molecular complexity index is 495. The third-order valence-electron chi connectivity index (χ3n) is 2.95. The predicted octanol–water partition coefficient (Wildman–Crippen LogP) is 1.69. The molecule has 17 heavy (non-hydrogen) atoms. The molecule has 0 bridgehead atoms. The second-order valence-electron chi connectivity index (χ2n) is 4.02. The Morgan fingerprint density at radius 3 is 2.94 bits per heavy atom.